The van der Waals surface area contributed by atoms with E-state index in [1.165, 1.54) is 11.8 Å². The number of benzene rings is 1. The fourth-order valence-corrected chi connectivity index (χ4v) is 4.15. The zero-order valence-electron chi connectivity index (χ0n) is 19.0. The Morgan fingerprint density at radius 2 is 2.12 bits per heavy atom. The molecule has 4 N–H and O–H groups in total. The summed E-state index contributed by atoms with van der Waals surface area (Å²) in [6.07, 6.45) is 6.42. The van der Waals surface area contributed by atoms with Gasteiger partial charge in [-0.3, -0.25) is 4.79 Å². The summed E-state index contributed by atoms with van der Waals surface area (Å²) in [5, 5.41) is 31.0. The first-order chi connectivity index (χ1) is 16.2. The Hall–Kier alpha value is -4.20. The number of H-pyrrole nitrogens is 1. The van der Waals surface area contributed by atoms with Gasteiger partial charge in [0.1, 0.15) is 16.9 Å². The number of nitrogens with one attached hydrogen (secondary N) is 4. The number of hydrazone groups is 1. The first-order valence-corrected chi connectivity index (χ1v) is 11.0. The minimum atomic E-state index is -0.735. The van der Waals surface area contributed by atoms with E-state index in [4.69, 9.17) is 5.26 Å². The number of allylic oxidation sites excluding steroid dienone is 2. The van der Waals surface area contributed by atoms with Gasteiger partial charge in [0.25, 0.3) is 11.9 Å². The number of nitrogens with zero attached hydrogens (tertiary/aromatic N) is 4. The predicted molar refractivity (Wildman–Crippen MR) is 126 cm³/mol. The Bertz CT molecular complexity index is 1210. The van der Waals surface area contributed by atoms with E-state index >= 15 is 0 Å². The van der Waals surface area contributed by atoms with Gasteiger partial charge >= 0.3 is 0 Å². The molecule has 176 valence electrons. The molecule has 0 bridgehead atoms. The molecule has 1 aromatic heterocycles. The summed E-state index contributed by atoms with van der Waals surface area (Å²) >= 11 is 0. The maximum Gasteiger partial charge on any atom is 0.291 e. The Balaban J connectivity index is 1.61. The summed E-state index contributed by atoms with van der Waals surface area (Å²) < 4.78 is 0. The largest absolute Gasteiger partial charge is 0.350 e. The van der Waals surface area contributed by atoms with Crippen molar-refractivity contribution in [3.05, 3.63) is 63.2 Å². The molecule has 1 aliphatic carbocycles. The van der Waals surface area contributed by atoms with Gasteiger partial charge in [-0.25, -0.2) is 15.1 Å². The van der Waals surface area contributed by atoms with Gasteiger partial charge in [-0.15, -0.1) is 0 Å². The van der Waals surface area contributed by atoms with E-state index in [0.29, 0.717) is 18.8 Å². The van der Waals surface area contributed by atoms with Gasteiger partial charge in [0.05, 0.1) is 6.20 Å². The summed E-state index contributed by atoms with van der Waals surface area (Å²) in [6, 6.07) is 7.82. The second-order valence-electron chi connectivity index (χ2n) is 9.26. The first-order valence-electron chi connectivity index (χ1n) is 11.0. The van der Waals surface area contributed by atoms with Crippen LogP contribution in [0.4, 0.5) is 5.69 Å². The highest BCUT2D eigenvalue weighted by Crippen LogP contribution is 2.40. The van der Waals surface area contributed by atoms with Crippen molar-refractivity contribution in [1.82, 2.24) is 20.6 Å². The summed E-state index contributed by atoms with van der Waals surface area (Å²) in [4.78, 5) is 30.1. The molecule has 1 saturated heterocycles. The molecule has 1 aliphatic heterocycles. The van der Waals surface area contributed by atoms with Crippen molar-refractivity contribution in [2.75, 3.05) is 18.4 Å². The number of guanidine groups is 1. The van der Waals surface area contributed by atoms with Crippen LogP contribution in [-0.2, 0) is 0 Å². The van der Waals surface area contributed by atoms with Crippen LogP contribution in [0.5, 0.6) is 0 Å². The molecule has 2 aromatic rings. The monoisotopic (exact) mass is 462 g/mol. The van der Waals surface area contributed by atoms with Crippen LogP contribution in [0, 0.1) is 26.9 Å². The van der Waals surface area contributed by atoms with Crippen LogP contribution >= 0.6 is 0 Å². The summed E-state index contributed by atoms with van der Waals surface area (Å²) in [5.41, 5.74) is 4.27. The number of nitro groups is 1. The topological polar surface area (TPSA) is 161 Å². The predicted octanol–water partition coefficient (Wildman–Crippen LogP) is 2.95. The van der Waals surface area contributed by atoms with E-state index in [9.17, 15) is 14.9 Å². The number of aromatic nitrogens is 2. The smallest absolute Gasteiger partial charge is 0.291 e. The average molecular weight is 463 g/mol. The SMILES string of the molecule is CC1(C)CC=C(c2cc(C3CNC(=N[N+](=O)[O-])NC3)ccc2NC(=O)c2ncc(C#N)[nH]2)CC1. The number of hydrogen-bond acceptors (Lipinski definition) is 5. The van der Waals surface area contributed by atoms with Crippen LogP contribution in [0.25, 0.3) is 5.57 Å². The second kappa shape index (κ2) is 9.35. The van der Waals surface area contributed by atoms with E-state index in [1.54, 1.807) is 0 Å². The zero-order chi connectivity index (χ0) is 24.3. The standard InChI is InChI=1S/C23H26N8O3/c1-23(2)7-5-14(6-8-23)18-9-15(16-11-26-22(27-12-16)30-31(33)34)3-4-19(18)29-21(32)20-25-13-17(10-24)28-20/h3-5,9,13,16H,6-8,11-12H2,1-2H3,(H,25,28)(H,29,32)(H2,26,27,30). The molecule has 0 unspecified atom stereocenters. The molecule has 2 aliphatic rings. The van der Waals surface area contributed by atoms with Crippen LogP contribution in [0.3, 0.4) is 0 Å². The molecule has 0 radical (unpaired) electrons. The molecule has 34 heavy (non-hydrogen) atoms. The Kier molecular flexibility index (Phi) is 6.32. The third-order valence-corrected chi connectivity index (χ3v) is 6.21. The molecule has 0 spiro atoms. The van der Waals surface area contributed by atoms with Crippen molar-refractivity contribution in [1.29, 1.82) is 5.26 Å². The molecule has 2 heterocycles. The van der Waals surface area contributed by atoms with E-state index in [1.807, 2.05) is 18.2 Å². The van der Waals surface area contributed by atoms with Crippen LogP contribution in [0.15, 0.2) is 35.6 Å². The number of anilines is 1. The summed E-state index contributed by atoms with van der Waals surface area (Å²) in [6.45, 7) is 5.49. The number of imidazole rings is 1. The van der Waals surface area contributed by atoms with Gasteiger partial charge in [-0.05, 0) is 47.9 Å². The molecule has 1 aromatic carbocycles. The Morgan fingerprint density at radius 1 is 1.35 bits per heavy atom. The minimum Gasteiger partial charge on any atom is -0.350 e. The normalized spacial score (nSPS) is 19.1. The Labute approximate surface area is 196 Å². The number of rotatable bonds is 5. The van der Waals surface area contributed by atoms with E-state index in [0.717, 1.165) is 30.4 Å². The van der Waals surface area contributed by atoms with Gasteiger partial charge in [0, 0.05) is 30.3 Å². The van der Waals surface area contributed by atoms with Crippen molar-refractivity contribution in [3.63, 3.8) is 0 Å². The van der Waals surface area contributed by atoms with Gasteiger partial charge in [-0.1, -0.05) is 26.0 Å². The van der Waals surface area contributed by atoms with Crippen molar-refractivity contribution >= 4 is 23.1 Å². The maximum atomic E-state index is 12.8. The molecule has 11 nitrogen and oxygen atoms in total. The van der Waals surface area contributed by atoms with Crippen molar-refractivity contribution < 1.29 is 9.83 Å². The number of carbonyl (C=O) groups is 1. The van der Waals surface area contributed by atoms with Crippen LogP contribution < -0.4 is 16.0 Å². The molecule has 0 saturated carbocycles. The second-order valence-corrected chi connectivity index (χ2v) is 9.26. The molecule has 4 rings (SSSR count). The molecule has 1 amide bonds. The fourth-order valence-electron chi connectivity index (χ4n) is 4.15. The van der Waals surface area contributed by atoms with E-state index in [2.05, 4.69) is 57.0 Å². The highest BCUT2D eigenvalue weighted by atomic mass is 16.7. The quantitative estimate of drug-likeness (QED) is 0.392. The molecule has 11 heteroatoms. The lowest BCUT2D eigenvalue weighted by Crippen LogP contribution is -2.48. The Morgan fingerprint density at radius 3 is 2.74 bits per heavy atom. The average Bonchev–Trinajstić information content (AvgIpc) is 3.29. The molecular weight excluding hydrogens is 436 g/mol. The van der Waals surface area contributed by atoms with Crippen molar-refractivity contribution in [3.8, 4) is 6.07 Å². The zero-order valence-corrected chi connectivity index (χ0v) is 19.0. The lowest BCUT2D eigenvalue weighted by atomic mass is 9.76. The number of nitriles is 1. The third kappa shape index (κ3) is 5.23. The van der Waals surface area contributed by atoms with Crippen LogP contribution in [0.2, 0.25) is 0 Å². The fraction of sp³-hybridized carbons (Fsp3) is 0.391. The van der Waals surface area contributed by atoms with Gasteiger partial charge in [-0.2, -0.15) is 5.26 Å². The molecule has 1 fully saturated rings. The summed E-state index contributed by atoms with van der Waals surface area (Å²) in [5.74, 6) is -0.131. The molecular formula is C23H26N8O3. The molecule has 0 atom stereocenters. The highest BCUT2D eigenvalue weighted by Gasteiger charge is 2.26. The number of hydrogen-bond donors (Lipinski definition) is 4. The maximum absolute atomic E-state index is 12.8. The number of carbonyl (C=O) groups excluding carboxylic acids is 1. The van der Waals surface area contributed by atoms with Crippen molar-refractivity contribution in [2.24, 2.45) is 10.5 Å². The van der Waals surface area contributed by atoms with Crippen LogP contribution in [-0.4, -0.2) is 40.0 Å². The lowest BCUT2D eigenvalue weighted by Gasteiger charge is -2.30. The summed E-state index contributed by atoms with van der Waals surface area (Å²) in [7, 11) is 0. The minimum absolute atomic E-state index is 0.0677. The lowest BCUT2D eigenvalue weighted by molar-refractivity contribution is -0.485. The highest BCUT2D eigenvalue weighted by molar-refractivity contribution is 6.03. The van der Waals surface area contributed by atoms with Crippen molar-refractivity contribution in [2.45, 2.75) is 39.0 Å². The number of amides is 1. The first kappa shape index (κ1) is 23.0. The van der Waals surface area contributed by atoms with Gasteiger partial charge < -0.3 is 20.9 Å². The van der Waals surface area contributed by atoms with Crippen LogP contribution in [0.1, 0.15) is 66.5 Å². The third-order valence-electron chi connectivity index (χ3n) is 6.21. The number of aromatic amines is 1. The van der Waals surface area contributed by atoms with Gasteiger partial charge in [0.15, 0.2) is 10.9 Å². The van der Waals surface area contributed by atoms with Gasteiger partial charge in [0.2, 0.25) is 0 Å². The van der Waals surface area contributed by atoms with E-state index < -0.39 is 10.9 Å². The van der Waals surface area contributed by atoms with E-state index in [-0.39, 0.29) is 28.8 Å².